The Morgan fingerprint density at radius 1 is 0.500 bits per heavy atom. The van der Waals surface area contributed by atoms with Crippen LogP contribution in [0.25, 0.3) is 60.6 Å². The third kappa shape index (κ3) is 5.79. The fourth-order valence-electron chi connectivity index (χ4n) is 8.15. The first-order valence-corrected chi connectivity index (χ1v) is 18.4. The minimum absolute atomic E-state index is 0.0605. The van der Waals surface area contributed by atoms with Crippen LogP contribution in [0.15, 0.2) is 182 Å². The molecule has 9 rings (SSSR count). The molecule has 0 saturated carbocycles. The highest BCUT2D eigenvalue weighted by molar-refractivity contribution is 5.99. The van der Waals surface area contributed by atoms with Gasteiger partial charge in [-0.15, -0.1) is 0 Å². The monoisotopic (exact) mass is 667 g/mol. The second kappa shape index (κ2) is 13.2. The zero-order chi connectivity index (χ0) is 35.1. The van der Waals surface area contributed by atoms with Gasteiger partial charge in [0.15, 0.2) is 0 Å². The molecule has 1 N–H and O–H groups in total. The van der Waals surface area contributed by atoms with Crippen LogP contribution in [-0.4, -0.2) is 0 Å². The Morgan fingerprint density at radius 3 is 1.90 bits per heavy atom. The molecule has 0 radical (unpaired) electrons. The van der Waals surface area contributed by atoms with Crippen molar-refractivity contribution in [2.24, 2.45) is 0 Å². The van der Waals surface area contributed by atoms with Gasteiger partial charge in [0.1, 0.15) is 0 Å². The third-order valence-corrected chi connectivity index (χ3v) is 11.0. The number of hydrogen-bond donors (Lipinski definition) is 1. The second-order valence-corrected chi connectivity index (χ2v) is 14.6. The van der Waals surface area contributed by atoms with E-state index in [9.17, 15) is 0 Å². The molecule has 1 aliphatic carbocycles. The number of rotatable bonds is 8. The minimum Gasteiger partial charge on any atom is -0.381 e. The molecule has 0 saturated heterocycles. The highest BCUT2D eigenvalue weighted by Crippen LogP contribution is 2.53. The van der Waals surface area contributed by atoms with Crippen molar-refractivity contribution in [2.75, 3.05) is 0 Å². The number of nitrogens with one attached hydrogen (secondary N) is 1. The van der Waals surface area contributed by atoms with E-state index in [1.54, 1.807) is 0 Å². The van der Waals surface area contributed by atoms with Gasteiger partial charge in [0.05, 0.1) is 0 Å². The standard InChI is InChI=1S/C51H41N/c1-51(2)47-21-11-20-45(50(47)46-32-41-15-6-7-16-42(41)33-48(46)51)39-27-29-40(30-28-39)49(52-34-36-12-4-3-5-13-36)31-24-35-22-25-38(26-23-35)44-19-10-17-37-14-8-9-18-43(37)44/h3-23,25-33,52H,24,34H2,1-2H3/b49-31-. The highest BCUT2D eigenvalue weighted by Gasteiger charge is 2.37. The van der Waals surface area contributed by atoms with E-state index in [4.69, 9.17) is 0 Å². The number of fused-ring (bicyclic) bond motifs is 5. The molecule has 1 nitrogen and oxygen atoms in total. The first-order valence-electron chi connectivity index (χ1n) is 18.4. The lowest BCUT2D eigenvalue weighted by atomic mass is 9.81. The maximum atomic E-state index is 3.78. The smallest absolute Gasteiger partial charge is 0.0400 e. The zero-order valence-electron chi connectivity index (χ0n) is 29.7. The molecule has 8 aromatic carbocycles. The molecule has 0 unspecified atom stereocenters. The molecule has 0 fully saturated rings. The van der Waals surface area contributed by atoms with Gasteiger partial charge in [-0.3, -0.25) is 0 Å². The normalized spacial score (nSPS) is 13.2. The molecular weight excluding hydrogens is 627 g/mol. The predicted molar refractivity (Wildman–Crippen MR) is 221 cm³/mol. The molecule has 0 aromatic heterocycles. The summed E-state index contributed by atoms with van der Waals surface area (Å²) in [5.74, 6) is 0. The Balaban J connectivity index is 1.03. The number of benzene rings is 8. The van der Waals surface area contributed by atoms with E-state index >= 15 is 0 Å². The van der Waals surface area contributed by atoms with E-state index < -0.39 is 0 Å². The van der Waals surface area contributed by atoms with Crippen LogP contribution >= 0.6 is 0 Å². The molecule has 1 heteroatoms. The molecule has 8 aromatic rings. The van der Waals surface area contributed by atoms with Crippen molar-refractivity contribution in [3.05, 3.63) is 210 Å². The van der Waals surface area contributed by atoms with Crippen LogP contribution in [0.2, 0.25) is 0 Å². The molecule has 1 aliphatic rings. The molecule has 52 heavy (non-hydrogen) atoms. The summed E-state index contributed by atoms with van der Waals surface area (Å²) in [6.07, 6.45) is 3.18. The van der Waals surface area contributed by atoms with Crippen molar-refractivity contribution in [1.82, 2.24) is 5.32 Å². The minimum atomic E-state index is -0.0605. The fraction of sp³-hybridized carbons (Fsp3) is 0.0980. The van der Waals surface area contributed by atoms with Gasteiger partial charge in [-0.05, 0) is 101 Å². The molecular formula is C51H41N. The van der Waals surface area contributed by atoms with Crippen molar-refractivity contribution in [1.29, 1.82) is 0 Å². The molecule has 0 heterocycles. The van der Waals surface area contributed by atoms with E-state index in [1.807, 2.05) is 0 Å². The van der Waals surface area contributed by atoms with E-state index in [0.717, 1.165) is 18.7 Å². The van der Waals surface area contributed by atoms with Gasteiger partial charge in [0.25, 0.3) is 0 Å². The summed E-state index contributed by atoms with van der Waals surface area (Å²) in [5.41, 5.74) is 15.4. The Hall–Kier alpha value is -6.18. The van der Waals surface area contributed by atoms with Crippen molar-refractivity contribution in [3.8, 4) is 33.4 Å². The predicted octanol–water partition coefficient (Wildman–Crippen LogP) is 13.0. The first-order chi connectivity index (χ1) is 25.5. The van der Waals surface area contributed by atoms with Crippen molar-refractivity contribution >= 4 is 27.2 Å². The zero-order valence-corrected chi connectivity index (χ0v) is 29.7. The largest absolute Gasteiger partial charge is 0.381 e. The van der Waals surface area contributed by atoms with Crippen molar-refractivity contribution in [2.45, 2.75) is 32.2 Å². The van der Waals surface area contributed by atoms with Crippen LogP contribution in [0, 0.1) is 0 Å². The summed E-state index contributed by atoms with van der Waals surface area (Å²) >= 11 is 0. The average Bonchev–Trinajstić information content (AvgIpc) is 3.42. The second-order valence-electron chi connectivity index (χ2n) is 14.6. The maximum absolute atomic E-state index is 3.78. The van der Waals surface area contributed by atoms with Gasteiger partial charge >= 0.3 is 0 Å². The van der Waals surface area contributed by atoms with Crippen molar-refractivity contribution in [3.63, 3.8) is 0 Å². The van der Waals surface area contributed by atoms with Crippen LogP contribution in [0.1, 0.15) is 41.7 Å². The Kier molecular flexibility index (Phi) is 8.05. The van der Waals surface area contributed by atoms with Gasteiger partial charge in [-0.2, -0.15) is 0 Å². The van der Waals surface area contributed by atoms with Crippen LogP contribution in [-0.2, 0) is 18.4 Å². The maximum Gasteiger partial charge on any atom is 0.0400 e. The van der Waals surface area contributed by atoms with E-state index in [1.165, 1.54) is 82.7 Å². The Labute approximate surface area is 306 Å². The van der Waals surface area contributed by atoms with Crippen molar-refractivity contribution < 1.29 is 0 Å². The fourth-order valence-corrected chi connectivity index (χ4v) is 8.15. The number of hydrogen-bond acceptors (Lipinski definition) is 1. The van der Waals surface area contributed by atoms with Crippen LogP contribution in [0.3, 0.4) is 0 Å². The van der Waals surface area contributed by atoms with Gasteiger partial charge < -0.3 is 5.32 Å². The van der Waals surface area contributed by atoms with E-state index in [-0.39, 0.29) is 5.41 Å². The Bertz CT molecular complexity index is 2580. The van der Waals surface area contributed by atoms with E-state index in [0.29, 0.717) is 0 Å². The number of allylic oxidation sites excluding steroid dienone is 1. The molecule has 0 amide bonds. The molecule has 0 spiro atoms. The summed E-state index contributed by atoms with van der Waals surface area (Å²) in [6.45, 7) is 5.50. The summed E-state index contributed by atoms with van der Waals surface area (Å²) in [4.78, 5) is 0. The first kappa shape index (κ1) is 31.8. The van der Waals surface area contributed by atoms with Gasteiger partial charge in [-0.25, -0.2) is 0 Å². The summed E-state index contributed by atoms with van der Waals surface area (Å²) in [5, 5.41) is 8.93. The highest BCUT2D eigenvalue weighted by atomic mass is 14.9. The van der Waals surface area contributed by atoms with Gasteiger partial charge in [0, 0.05) is 17.7 Å². The topological polar surface area (TPSA) is 12.0 Å². The summed E-state index contributed by atoms with van der Waals surface area (Å²) in [7, 11) is 0. The van der Waals surface area contributed by atoms with E-state index in [2.05, 4.69) is 201 Å². The lowest BCUT2D eigenvalue weighted by Crippen LogP contribution is -2.14. The van der Waals surface area contributed by atoms with Crippen LogP contribution < -0.4 is 5.32 Å². The quantitative estimate of drug-likeness (QED) is 0.170. The van der Waals surface area contributed by atoms with Gasteiger partial charge in [-0.1, -0.05) is 184 Å². The summed E-state index contributed by atoms with van der Waals surface area (Å²) < 4.78 is 0. The lowest BCUT2D eigenvalue weighted by molar-refractivity contribution is 0.661. The van der Waals surface area contributed by atoms with Gasteiger partial charge in [0.2, 0.25) is 0 Å². The summed E-state index contributed by atoms with van der Waals surface area (Å²) in [6, 6.07) is 64.4. The van der Waals surface area contributed by atoms with Crippen LogP contribution in [0.4, 0.5) is 0 Å². The third-order valence-electron chi connectivity index (χ3n) is 11.0. The molecule has 0 atom stereocenters. The molecule has 250 valence electrons. The lowest BCUT2D eigenvalue weighted by Gasteiger charge is -2.22. The SMILES string of the molecule is CC1(C)c2cc3ccccc3cc2-c2c(-c3ccc(/C(=C/Cc4ccc(-c5cccc6ccccc56)cc4)NCc4ccccc4)cc3)cccc21. The molecule has 0 bridgehead atoms. The Morgan fingerprint density at radius 2 is 1.12 bits per heavy atom. The molecule has 0 aliphatic heterocycles. The van der Waals surface area contributed by atoms with Crippen LogP contribution in [0.5, 0.6) is 0 Å². The average molecular weight is 668 g/mol.